The second-order valence-electron chi connectivity index (χ2n) is 2.99. The molecule has 3 nitrogen and oxygen atoms in total. The first-order valence-electron chi connectivity index (χ1n) is 4.29. The number of carboxylic acid groups (broad SMARTS) is 1. The van der Waals surface area contributed by atoms with Gasteiger partial charge in [0, 0.05) is 10.5 Å². The number of carboxylic acids is 1. The molecule has 0 atom stereocenters. The molecule has 1 aromatic carbocycles. The van der Waals surface area contributed by atoms with Gasteiger partial charge < -0.3 is 9.84 Å². The zero-order valence-corrected chi connectivity index (χ0v) is 10.0. The maximum Gasteiger partial charge on any atom is 0.328 e. The van der Waals surface area contributed by atoms with E-state index >= 15 is 0 Å². The average Bonchev–Trinajstić information content (AvgIpc) is 2.18. The van der Waals surface area contributed by atoms with Gasteiger partial charge in [-0.3, -0.25) is 0 Å². The van der Waals surface area contributed by atoms with Crippen LogP contribution in [0.1, 0.15) is 11.1 Å². The number of hydrogen-bond acceptors (Lipinski definition) is 2. The Kier molecular flexibility index (Phi) is 3.91. The SMILES string of the molecule is COc1cc(Br)cc(/C=C/C(=O)O)c1C. The molecule has 0 saturated carbocycles. The summed E-state index contributed by atoms with van der Waals surface area (Å²) < 4.78 is 6.02. The number of benzene rings is 1. The molecule has 0 radical (unpaired) electrons. The highest BCUT2D eigenvalue weighted by Gasteiger charge is 2.04. The van der Waals surface area contributed by atoms with Crippen LogP contribution >= 0.6 is 15.9 Å². The van der Waals surface area contributed by atoms with Crippen molar-refractivity contribution in [1.29, 1.82) is 0 Å². The number of rotatable bonds is 3. The van der Waals surface area contributed by atoms with Gasteiger partial charge in [-0.25, -0.2) is 4.79 Å². The lowest BCUT2D eigenvalue weighted by Crippen LogP contribution is -1.91. The summed E-state index contributed by atoms with van der Waals surface area (Å²) in [6.07, 6.45) is 2.65. The van der Waals surface area contributed by atoms with Crippen molar-refractivity contribution in [2.24, 2.45) is 0 Å². The Morgan fingerprint density at radius 2 is 2.20 bits per heavy atom. The summed E-state index contributed by atoms with van der Waals surface area (Å²) in [4.78, 5) is 10.4. The molecule has 0 bridgehead atoms. The fourth-order valence-corrected chi connectivity index (χ4v) is 1.67. The van der Waals surface area contributed by atoms with Gasteiger partial charge in [-0.2, -0.15) is 0 Å². The molecule has 1 aromatic rings. The predicted molar refractivity (Wildman–Crippen MR) is 62.1 cm³/mol. The number of methoxy groups -OCH3 is 1. The summed E-state index contributed by atoms with van der Waals surface area (Å²) in [7, 11) is 1.58. The largest absolute Gasteiger partial charge is 0.496 e. The molecule has 0 aliphatic carbocycles. The lowest BCUT2D eigenvalue weighted by molar-refractivity contribution is -0.131. The van der Waals surface area contributed by atoms with E-state index < -0.39 is 5.97 Å². The van der Waals surface area contributed by atoms with Crippen LogP contribution in [0, 0.1) is 6.92 Å². The highest BCUT2D eigenvalue weighted by atomic mass is 79.9. The third kappa shape index (κ3) is 3.09. The van der Waals surface area contributed by atoms with Gasteiger partial charge in [0.25, 0.3) is 0 Å². The first-order valence-corrected chi connectivity index (χ1v) is 5.09. The monoisotopic (exact) mass is 270 g/mol. The summed E-state index contributed by atoms with van der Waals surface area (Å²) in [5.41, 5.74) is 1.74. The van der Waals surface area contributed by atoms with E-state index in [0.29, 0.717) is 0 Å². The van der Waals surface area contributed by atoms with Gasteiger partial charge in [0.05, 0.1) is 7.11 Å². The minimum Gasteiger partial charge on any atom is -0.496 e. The van der Waals surface area contributed by atoms with Gasteiger partial charge in [0.2, 0.25) is 0 Å². The highest BCUT2D eigenvalue weighted by Crippen LogP contribution is 2.27. The number of aliphatic carboxylic acids is 1. The molecule has 0 spiro atoms. The Morgan fingerprint density at radius 3 is 2.73 bits per heavy atom. The standard InChI is InChI=1S/C11H11BrO3/c1-7-8(3-4-11(13)14)5-9(12)6-10(7)15-2/h3-6H,1-2H3,(H,13,14)/b4-3+. The predicted octanol–water partition coefficient (Wildman–Crippen LogP) is 2.86. The summed E-state index contributed by atoms with van der Waals surface area (Å²) in [5.74, 6) is -0.234. The maximum atomic E-state index is 10.4. The molecular weight excluding hydrogens is 260 g/mol. The van der Waals surface area contributed by atoms with Gasteiger partial charge in [-0.05, 0) is 36.3 Å². The molecule has 0 amide bonds. The van der Waals surface area contributed by atoms with Crippen LogP contribution in [0.5, 0.6) is 5.75 Å². The zero-order chi connectivity index (χ0) is 11.4. The molecule has 0 aromatic heterocycles. The van der Waals surface area contributed by atoms with Crippen LogP contribution in [0.15, 0.2) is 22.7 Å². The molecule has 0 heterocycles. The van der Waals surface area contributed by atoms with Gasteiger partial charge in [0.1, 0.15) is 5.75 Å². The first-order chi connectivity index (χ1) is 7.04. The van der Waals surface area contributed by atoms with Crippen LogP contribution in [-0.2, 0) is 4.79 Å². The van der Waals surface area contributed by atoms with Crippen molar-refractivity contribution < 1.29 is 14.6 Å². The Balaban J connectivity index is 3.17. The molecule has 0 fully saturated rings. The van der Waals surface area contributed by atoms with E-state index in [9.17, 15) is 4.79 Å². The van der Waals surface area contributed by atoms with Crippen molar-refractivity contribution in [1.82, 2.24) is 0 Å². The minimum atomic E-state index is -0.964. The molecule has 1 N–H and O–H groups in total. The first kappa shape index (κ1) is 11.8. The van der Waals surface area contributed by atoms with Crippen molar-refractivity contribution in [3.8, 4) is 5.75 Å². The quantitative estimate of drug-likeness (QED) is 0.860. The Hall–Kier alpha value is -1.29. The van der Waals surface area contributed by atoms with E-state index in [2.05, 4.69) is 15.9 Å². The van der Waals surface area contributed by atoms with Gasteiger partial charge in [-0.15, -0.1) is 0 Å². The van der Waals surface area contributed by atoms with Gasteiger partial charge in [-0.1, -0.05) is 15.9 Å². The van der Waals surface area contributed by atoms with Crippen LogP contribution in [0.4, 0.5) is 0 Å². The average molecular weight is 271 g/mol. The van der Waals surface area contributed by atoms with E-state index in [4.69, 9.17) is 9.84 Å². The third-order valence-corrected chi connectivity index (χ3v) is 2.45. The smallest absolute Gasteiger partial charge is 0.328 e. The van der Waals surface area contributed by atoms with Crippen LogP contribution < -0.4 is 4.74 Å². The fraction of sp³-hybridized carbons (Fsp3) is 0.182. The molecule has 4 heteroatoms. The lowest BCUT2D eigenvalue weighted by Gasteiger charge is -2.08. The maximum absolute atomic E-state index is 10.4. The molecule has 80 valence electrons. The minimum absolute atomic E-state index is 0.731. The molecule has 15 heavy (non-hydrogen) atoms. The fourth-order valence-electron chi connectivity index (χ4n) is 1.22. The number of ether oxygens (including phenoxy) is 1. The van der Waals surface area contributed by atoms with E-state index in [1.54, 1.807) is 13.2 Å². The van der Waals surface area contributed by atoms with E-state index in [0.717, 1.165) is 27.4 Å². The van der Waals surface area contributed by atoms with Crippen molar-refractivity contribution in [2.45, 2.75) is 6.92 Å². The molecule has 0 saturated heterocycles. The highest BCUT2D eigenvalue weighted by molar-refractivity contribution is 9.10. The molecule has 0 aliphatic heterocycles. The molecule has 0 unspecified atom stereocenters. The number of carbonyl (C=O) groups is 1. The Labute approximate surface area is 96.5 Å². The summed E-state index contributed by atoms with van der Waals surface area (Å²) >= 11 is 3.33. The Morgan fingerprint density at radius 1 is 1.53 bits per heavy atom. The van der Waals surface area contributed by atoms with E-state index in [1.165, 1.54) is 0 Å². The van der Waals surface area contributed by atoms with Crippen LogP contribution in [0.3, 0.4) is 0 Å². The van der Waals surface area contributed by atoms with E-state index in [-0.39, 0.29) is 0 Å². The molecule has 0 aliphatic rings. The van der Waals surface area contributed by atoms with Gasteiger partial charge in [0.15, 0.2) is 0 Å². The second kappa shape index (κ2) is 4.98. The second-order valence-corrected chi connectivity index (χ2v) is 3.91. The summed E-state index contributed by atoms with van der Waals surface area (Å²) in [5, 5.41) is 8.53. The topological polar surface area (TPSA) is 46.5 Å². The number of hydrogen-bond donors (Lipinski definition) is 1. The summed E-state index contributed by atoms with van der Waals surface area (Å²) in [6, 6.07) is 3.69. The zero-order valence-electron chi connectivity index (χ0n) is 8.45. The van der Waals surface area contributed by atoms with Crippen LogP contribution in [-0.4, -0.2) is 18.2 Å². The molecule has 1 rings (SSSR count). The lowest BCUT2D eigenvalue weighted by atomic mass is 10.1. The van der Waals surface area contributed by atoms with Crippen LogP contribution in [0.2, 0.25) is 0 Å². The van der Waals surface area contributed by atoms with Crippen molar-refractivity contribution >= 4 is 28.0 Å². The van der Waals surface area contributed by atoms with E-state index in [1.807, 2.05) is 19.1 Å². The van der Waals surface area contributed by atoms with Crippen LogP contribution in [0.25, 0.3) is 6.08 Å². The Bertz CT molecular complexity index is 411. The normalized spacial score (nSPS) is 10.6. The number of halogens is 1. The van der Waals surface area contributed by atoms with Crippen molar-refractivity contribution in [3.05, 3.63) is 33.8 Å². The third-order valence-electron chi connectivity index (χ3n) is 1.99. The van der Waals surface area contributed by atoms with Crippen molar-refractivity contribution in [3.63, 3.8) is 0 Å². The molecular formula is C11H11BrO3. The summed E-state index contributed by atoms with van der Waals surface area (Å²) in [6.45, 7) is 1.88. The van der Waals surface area contributed by atoms with Gasteiger partial charge >= 0.3 is 5.97 Å². The van der Waals surface area contributed by atoms with Crippen molar-refractivity contribution in [2.75, 3.05) is 7.11 Å².